The molecule has 0 aromatic heterocycles. The van der Waals surface area contributed by atoms with Crippen molar-refractivity contribution in [2.24, 2.45) is 0 Å². The Morgan fingerprint density at radius 2 is 2.31 bits per heavy atom. The van der Waals surface area contributed by atoms with E-state index in [1.165, 1.54) is 0 Å². The van der Waals surface area contributed by atoms with E-state index in [1.54, 1.807) is 14.9 Å². The molecule has 0 fully saturated rings. The molecule has 1 heterocycles. The first kappa shape index (κ1) is 9.33. The first-order valence-corrected chi connectivity index (χ1v) is 6.06. The maximum atomic E-state index is 11.6. The highest BCUT2D eigenvalue weighted by atomic mass is 127. The maximum absolute atomic E-state index is 11.6. The van der Waals surface area contributed by atoms with Gasteiger partial charge in [0, 0.05) is 10.5 Å². The zero-order valence-electron chi connectivity index (χ0n) is 7.08. The Morgan fingerprint density at radius 1 is 1.54 bits per heavy atom. The monoisotopic (exact) mass is 305 g/mol. The number of carbonyl (C=O) groups excluding carboxylic acids is 1. The Kier molecular flexibility index (Phi) is 2.51. The third kappa shape index (κ3) is 1.57. The molecule has 0 N–H and O–H groups in total. The minimum Gasteiger partial charge on any atom is -0.276 e. The predicted octanol–water partition coefficient (Wildman–Crippen LogP) is 2.71. The van der Waals surface area contributed by atoms with Gasteiger partial charge in [-0.1, -0.05) is 6.07 Å². The van der Waals surface area contributed by atoms with Crippen molar-refractivity contribution in [3.05, 3.63) is 29.3 Å². The number of benzene rings is 1. The average Bonchev–Trinajstić information content (AvgIpc) is 2.43. The van der Waals surface area contributed by atoms with Crippen LogP contribution in [-0.4, -0.2) is 15.3 Å². The summed E-state index contributed by atoms with van der Waals surface area (Å²) in [5.74, 6) is 0.131. The van der Waals surface area contributed by atoms with Gasteiger partial charge in [-0.3, -0.25) is 7.91 Å². The van der Waals surface area contributed by atoms with Crippen LogP contribution in [0.3, 0.4) is 0 Å². The first-order valence-electron chi connectivity index (χ1n) is 3.87. The number of nitrogens with zero attached hydrogens (tertiary/aromatic N) is 1. The summed E-state index contributed by atoms with van der Waals surface area (Å²) in [6, 6.07) is 6.07. The SMILES string of the molecule is CSc1ccc2c(c1)C(=O)N(I)C2. The second kappa shape index (κ2) is 3.49. The molecule has 1 aromatic carbocycles. The fraction of sp³-hybridized carbons (Fsp3) is 0.222. The molecule has 0 spiro atoms. The molecule has 0 radical (unpaired) electrons. The lowest BCUT2D eigenvalue weighted by molar-refractivity contribution is 0.0905. The van der Waals surface area contributed by atoms with Crippen LogP contribution in [-0.2, 0) is 6.54 Å². The summed E-state index contributed by atoms with van der Waals surface area (Å²) in [5.41, 5.74) is 2.00. The van der Waals surface area contributed by atoms with Gasteiger partial charge in [0.1, 0.15) is 0 Å². The van der Waals surface area contributed by atoms with Crippen LogP contribution >= 0.6 is 34.6 Å². The van der Waals surface area contributed by atoms with Crippen molar-refractivity contribution < 1.29 is 4.79 Å². The molecule has 0 aliphatic carbocycles. The predicted molar refractivity (Wildman–Crippen MR) is 62.1 cm³/mol. The van der Waals surface area contributed by atoms with Crippen molar-refractivity contribution >= 4 is 40.5 Å². The number of thioether (sulfide) groups is 1. The highest BCUT2D eigenvalue weighted by molar-refractivity contribution is 14.1. The summed E-state index contributed by atoms with van der Waals surface area (Å²) in [6.45, 7) is 0.739. The van der Waals surface area contributed by atoms with Crippen molar-refractivity contribution in [1.82, 2.24) is 3.11 Å². The van der Waals surface area contributed by atoms with Crippen molar-refractivity contribution in [2.45, 2.75) is 11.4 Å². The molecule has 0 saturated heterocycles. The molecule has 0 saturated carbocycles. The number of hydrogen-bond acceptors (Lipinski definition) is 2. The third-order valence-corrected chi connectivity index (χ3v) is 3.58. The van der Waals surface area contributed by atoms with Crippen LogP contribution in [0.4, 0.5) is 0 Å². The summed E-state index contributed by atoms with van der Waals surface area (Å²) in [4.78, 5) is 12.7. The quantitative estimate of drug-likeness (QED) is 0.452. The van der Waals surface area contributed by atoms with E-state index in [0.29, 0.717) is 0 Å². The topological polar surface area (TPSA) is 20.3 Å². The minimum absolute atomic E-state index is 0.131. The van der Waals surface area contributed by atoms with Gasteiger partial charge >= 0.3 is 0 Å². The lowest BCUT2D eigenvalue weighted by Crippen LogP contribution is -2.09. The fourth-order valence-electron chi connectivity index (χ4n) is 1.37. The number of halogens is 1. The molecule has 0 unspecified atom stereocenters. The first-order chi connectivity index (χ1) is 6.22. The summed E-state index contributed by atoms with van der Waals surface area (Å²) in [7, 11) is 0. The third-order valence-electron chi connectivity index (χ3n) is 2.08. The van der Waals surface area contributed by atoms with E-state index in [9.17, 15) is 4.79 Å². The minimum atomic E-state index is 0.131. The standard InChI is InChI=1S/C9H8INOS/c1-13-7-3-2-6-5-11(10)9(12)8(6)4-7/h2-4H,5H2,1H3. The van der Waals surface area contributed by atoms with Gasteiger partial charge in [0.2, 0.25) is 0 Å². The highest BCUT2D eigenvalue weighted by Crippen LogP contribution is 2.28. The van der Waals surface area contributed by atoms with Gasteiger partial charge in [-0.2, -0.15) is 0 Å². The number of amides is 1. The summed E-state index contributed by atoms with van der Waals surface area (Å²) in [5, 5.41) is 0. The van der Waals surface area contributed by atoms with Gasteiger partial charge in [0.25, 0.3) is 5.91 Å². The van der Waals surface area contributed by atoms with E-state index in [1.807, 2.05) is 18.4 Å². The van der Waals surface area contributed by atoms with Crippen molar-refractivity contribution in [1.29, 1.82) is 0 Å². The van der Waals surface area contributed by atoms with Crippen molar-refractivity contribution in [2.75, 3.05) is 6.26 Å². The molecule has 1 aromatic rings. The lowest BCUT2D eigenvalue weighted by Gasteiger charge is -2.01. The van der Waals surface area contributed by atoms with Gasteiger partial charge < -0.3 is 0 Å². The Morgan fingerprint density at radius 3 is 3.00 bits per heavy atom. The molecule has 1 aliphatic rings. The molecular formula is C9H8INOS. The molecular weight excluding hydrogens is 297 g/mol. The van der Waals surface area contributed by atoms with Crippen LogP contribution < -0.4 is 0 Å². The Bertz CT molecular complexity index is 367. The maximum Gasteiger partial charge on any atom is 0.263 e. The molecule has 1 amide bonds. The van der Waals surface area contributed by atoms with Crippen molar-refractivity contribution in [3.63, 3.8) is 0 Å². The summed E-state index contributed by atoms with van der Waals surface area (Å²) < 4.78 is 1.71. The molecule has 2 rings (SSSR count). The van der Waals surface area contributed by atoms with E-state index in [4.69, 9.17) is 0 Å². The van der Waals surface area contributed by atoms with E-state index in [0.717, 1.165) is 22.6 Å². The Balaban J connectivity index is 2.48. The molecule has 4 heteroatoms. The second-order valence-corrected chi connectivity index (χ2v) is 4.89. The van der Waals surface area contributed by atoms with Crippen LogP contribution in [0, 0.1) is 0 Å². The summed E-state index contributed by atoms with van der Waals surface area (Å²) >= 11 is 3.72. The number of fused-ring (bicyclic) bond motifs is 1. The molecule has 2 nitrogen and oxygen atoms in total. The summed E-state index contributed by atoms with van der Waals surface area (Å²) in [6.07, 6.45) is 2.02. The van der Waals surface area contributed by atoms with E-state index < -0.39 is 0 Å². The van der Waals surface area contributed by atoms with Gasteiger partial charge in [0.05, 0.1) is 29.4 Å². The normalized spacial score (nSPS) is 14.9. The van der Waals surface area contributed by atoms with Gasteiger partial charge in [-0.25, -0.2) is 0 Å². The second-order valence-electron chi connectivity index (χ2n) is 2.85. The zero-order chi connectivity index (χ0) is 9.42. The lowest BCUT2D eigenvalue weighted by atomic mass is 10.1. The van der Waals surface area contributed by atoms with Gasteiger partial charge in [-0.15, -0.1) is 11.8 Å². The van der Waals surface area contributed by atoms with Crippen LogP contribution in [0.25, 0.3) is 0 Å². The Hall–Kier alpha value is -0.230. The highest BCUT2D eigenvalue weighted by Gasteiger charge is 2.25. The van der Waals surface area contributed by atoms with Crippen LogP contribution in [0.15, 0.2) is 23.1 Å². The Labute approximate surface area is 95.2 Å². The van der Waals surface area contributed by atoms with E-state index in [2.05, 4.69) is 28.9 Å². The smallest absolute Gasteiger partial charge is 0.263 e. The molecule has 68 valence electrons. The number of hydrogen-bond donors (Lipinski definition) is 0. The number of carbonyl (C=O) groups is 1. The number of rotatable bonds is 1. The molecule has 1 aliphatic heterocycles. The molecule has 13 heavy (non-hydrogen) atoms. The van der Waals surface area contributed by atoms with Gasteiger partial charge in [0.15, 0.2) is 0 Å². The molecule has 0 atom stereocenters. The van der Waals surface area contributed by atoms with Crippen LogP contribution in [0.2, 0.25) is 0 Å². The zero-order valence-corrected chi connectivity index (χ0v) is 10.1. The average molecular weight is 305 g/mol. The fourth-order valence-corrected chi connectivity index (χ4v) is 2.44. The van der Waals surface area contributed by atoms with E-state index >= 15 is 0 Å². The van der Waals surface area contributed by atoms with E-state index in [-0.39, 0.29) is 5.91 Å². The van der Waals surface area contributed by atoms with Crippen LogP contribution in [0.1, 0.15) is 15.9 Å². The van der Waals surface area contributed by atoms with Gasteiger partial charge in [-0.05, 0) is 24.0 Å². The largest absolute Gasteiger partial charge is 0.276 e. The molecule has 0 bridgehead atoms. The van der Waals surface area contributed by atoms with Crippen LogP contribution in [0.5, 0.6) is 0 Å². The van der Waals surface area contributed by atoms with Crippen molar-refractivity contribution in [3.8, 4) is 0 Å².